The van der Waals surface area contributed by atoms with Crippen LogP contribution in [0.1, 0.15) is 44.7 Å². The van der Waals surface area contributed by atoms with E-state index in [9.17, 15) is 18.0 Å². The van der Waals surface area contributed by atoms with Gasteiger partial charge in [-0.3, -0.25) is 13.9 Å². The molecule has 0 aliphatic carbocycles. The molecule has 1 heterocycles. The lowest BCUT2D eigenvalue weighted by atomic mass is 10.00. The van der Waals surface area contributed by atoms with Crippen molar-refractivity contribution < 1.29 is 27.5 Å². The first-order valence-electron chi connectivity index (χ1n) is 14.2. The molecule has 3 aromatic rings. The molecule has 9 nitrogen and oxygen atoms in total. The minimum Gasteiger partial charge on any atom is -0.454 e. The molecule has 1 aliphatic rings. The molecule has 12 heteroatoms. The summed E-state index contributed by atoms with van der Waals surface area (Å²) in [4.78, 5) is 29.3. The number of carbonyl (C=O) groups is 2. The third-order valence-electron chi connectivity index (χ3n) is 6.96. The van der Waals surface area contributed by atoms with Gasteiger partial charge in [-0.25, -0.2) is 8.42 Å². The summed E-state index contributed by atoms with van der Waals surface area (Å²) in [7, 11) is -3.69. The normalized spacial score (nSPS) is 13.3. The van der Waals surface area contributed by atoms with Crippen LogP contribution in [0.25, 0.3) is 0 Å². The Morgan fingerprint density at radius 2 is 1.61 bits per heavy atom. The number of amides is 2. The predicted octanol–water partition coefficient (Wildman–Crippen LogP) is 5.82. The SMILES string of the molecule is CC(C)(C)NC(=O)[C@H](Cc1ccccc1)N(Cc1c(Cl)cccc1Cl)C(=O)CCCN(c1ccc2c(c1)OCO2)S(C)(=O)=O. The van der Waals surface area contributed by atoms with Crippen LogP contribution in [0, 0.1) is 0 Å². The van der Waals surface area contributed by atoms with Crippen molar-refractivity contribution in [3.8, 4) is 11.5 Å². The molecule has 44 heavy (non-hydrogen) atoms. The number of carbonyl (C=O) groups excluding carboxylic acids is 2. The average Bonchev–Trinajstić information content (AvgIpc) is 3.41. The topological polar surface area (TPSA) is 105 Å². The first-order valence-corrected chi connectivity index (χ1v) is 16.8. The number of hydrogen-bond donors (Lipinski definition) is 1. The van der Waals surface area contributed by atoms with Crippen molar-refractivity contribution in [3.05, 3.63) is 87.9 Å². The molecule has 236 valence electrons. The van der Waals surface area contributed by atoms with E-state index in [0.29, 0.717) is 32.8 Å². The summed E-state index contributed by atoms with van der Waals surface area (Å²) in [5, 5.41) is 3.76. The number of hydrogen-bond acceptors (Lipinski definition) is 6. The zero-order chi connectivity index (χ0) is 32.1. The van der Waals surface area contributed by atoms with E-state index in [2.05, 4.69) is 5.32 Å². The lowest BCUT2D eigenvalue weighted by molar-refractivity contribution is -0.142. The second kappa shape index (κ2) is 14.1. The van der Waals surface area contributed by atoms with Crippen molar-refractivity contribution in [2.24, 2.45) is 0 Å². The Balaban J connectivity index is 1.62. The Morgan fingerprint density at radius 1 is 0.955 bits per heavy atom. The first-order chi connectivity index (χ1) is 20.7. The summed E-state index contributed by atoms with van der Waals surface area (Å²) in [5.74, 6) is 0.314. The maximum Gasteiger partial charge on any atom is 0.243 e. The van der Waals surface area contributed by atoms with Gasteiger partial charge < -0.3 is 19.7 Å². The molecule has 0 spiro atoms. The maximum absolute atomic E-state index is 14.0. The number of benzene rings is 3. The van der Waals surface area contributed by atoms with Crippen molar-refractivity contribution in [2.75, 3.05) is 23.9 Å². The lowest BCUT2D eigenvalue weighted by Crippen LogP contribution is -2.54. The quantitative estimate of drug-likeness (QED) is 0.262. The fourth-order valence-electron chi connectivity index (χ4n) is 4.90. The van der Waals surface area contributed by atoms with Crippen LogP contribution < -0.4 is 19.1 Å². The predicted molar refractivity (Wildman–Crippen MR) is 173 cm³/mol. The van der Waals surface area contributed by atoms with Crippen LogP contribution in [-0.2, 0) is 32.6 Å². The number of nitrogens with one attached hydrogen (secondary N) is 1. The summed E-state index contributed by atoms with van der Waals surface area (Å²) in [6.45, 7) is 5.70. The van der Waals surface area contributed by atoms with Gasteiger partial charge in [-0.1, -0.05) is 59.6 Å². The Hall–Kier alpha value is -3.47. The highest BCUT2D eigenvalue weighted by atomic mass is 35.5. The van der Waals surface area contributed by atoms with Gasteiger partial charge in [-0.2, -0.15) is 0 Å². The molecule has 2 amide bonds. The highest BCUT2D eigenvalue weighted by molar-refractivity contribution is 7.92. The van der Waals surface area contributed by atoms with E-state index in [-0.39, 0.29) is 51.0 Å². The minimum atomic E-state index is -3.69. The molecule has 1 N–H and O–H groups in total. The van der Waals surface area contributed by atoms with E-state index in [4.69, 9.17) is 32.7 Å². The molecule has 0 aromatic heterocycles. The minimum absolute atomic E-state index is 0.00957. The van der Waals surface area contributed by atoms with Crippen molar-refractivity contribution in [1.82, 2.24) is 10.2 Å². The van der Waals surface area contributed by atoms with Gasteiger partial charge in [0, 0.05) is 53.1 Å². The van der Waals surface area contributed by atoms with E-state index in [1.54, 1.807) is 36.4 Å². The van der Waals surface area contributed by atoms with Crippen LogP contribution in [0.5, 0.6) is 11.5 Å². The van der Waals surface area contributed by atoms with E-state index in [1.165, 1.54) is 9.21 Å². The number of sulfonamides is 1. The van der Waals surface area contributed by atoms with E-state index >= 15 is 0 Å². The van der Waals surface area contributed by atoms with Gasteiger partial charge in [0.2, 0.25) is 28.6 Å². The van der Waals surface area contributed by atoms with Crippen LogP contribution in [0.2, 0.25) is 10.0 Å². The monoisotopic (exact) mass is 661 g/mol. The standard InChI is InChI=1S/C32H37Cl2N3O6S/c1-32(2,3)35-31(39)27(18-22-10-6-5-7-11-22)36(20-24-25(33)12-8-13-26(24)34)30(38)14-9-17-37(44(4,40)41)23-15-16-28-29(19-23)43-21-42-28/h5-8,10-13,15-16,19,27H,9,14,17-18,20-21H2,1-4H3,(H,35,39)/t27-/m0/s1. The number of anilines is 1. The van der Waals surface area contributed by atoms with Gasteiger partial charge >= 0.3 is 0 Å². The van der Waals surface area contributed by atoms with Gasteiger partial charge in [-0.15, -0.1) is 0 Å². The number of nitrogens with zero attached hydrogens (tertiary/aromatic N) is 2. The Morgan fingerprint density at radius 3 is 2.25 bits per heavy atom. The van der Waals surface area contributed by atoms with Crippen molar-refractivity contribution in [1.29, 1.82) is 0 Å². The third-order valence-corrected chi connectivity index (χ3v) is 8.86. The molecule has 0 unspecified atom stereocenters. The number of halogens is 2. The zero-order valence-corrected chi connectivity index (χ0v) is 27.5. The van der Waals surface area contributed by atoms with Gasteiger partial charge in [0.15, 0.2) is 11.5 Å². The Kier molecular flexibility index (Phi) is 10.7. The fourth-order valence-corrected chi connectivity index (χ4v) is 6.38. The van der Waals surface area contributed by atoms with E-state index in [1.807, 2.05) is 51.1 Å². The average molecular weight is 663 g/mol. The summed E-state index contributed by atoms with van der Waals surface area (Å²) < 4.78 is 37.5. The fraction of sp³-hybridized carbons (Fsp3) is 0.375. The Labute approximate surface area is 269 Å². The molecule has 0 saturated heterocycles. The van der Waals surface area contributed by atoms with Crippen molar-refractivity contribution in [3.63, 3.8) is 0 Å². The van der Waals surface area contributed by atoms with Crippen LogP contribution in [0.15, 0.2) is 66.7 Å². The third kappa shape index (κ3) is 8.80. The van der Waals surface area contributed by atoms with Crippen LogP contribution in [-0.4, -0.2) is 56.3 Å². The molecule has 3 aromatic carbocycles. The van der Waals surface area contributed by atoms with Gasteiger partial charge in [0.1, 0.15) is 6.04 Å². The molecule has 0 fully saturated rings. The van der Waals surface area contributed by atoms with Crippen molar-refractivity contribution >= 4 is 50.7 Å². The lowest BCUT2D eigenvalue weighted by Gasteiger charge is -2.34. The molecule has 4 rings (SSSR count). The van der Waals surface area contributed by atoms with Gasteiger partial charge in [0.25, 0.3) is 0 Å². The molecular formula is C32H37Cl2N3O6S. The first kappa shape index (κ1) is 33.4. The summed E-state index contributed by atoms with van der Waals surface area (Å²) in [5.41, 5.74) is 1.23. The molecular weight excluding hydrogens is 625 g/mol. The van der Waals surface area contributed by atoms with Crippen LogP contribution in [0.3, 0.4) is 0 Å². The van der Waals surface area contributed by atoms with Crippen LogP contribution >= 0.6 is 23.2 Å². The molecule has 1 atom stereocenters. The highest BCUT2D eigenvalue weighted by Crippen LogP contribution is 2.36. The molecule has 0 radical (unpaired) electrons. The number of rotatable bonds is 12. The van der Waals surface area contributed by atoms with E-state index in [0.717, 1.165) is 11.8 Å². The summed E-state index contributed by atoms with van der Waals surface area (Å²) >= 11 is 13.0. The second-order valence-corrected chi connectivity index (χ2v) is 14.4. The molecule has 1 aliphatic heterocycles. The maximum atomic E-state index is 14.0. The number of fused-ring (bicyclic) bond motifs is 1. The van der Waals surface area contributed by atoms with Crippen molar-refractivity contribution in [2.45, 2.75) is 58.2 Å². The van der Waals surface area contributed by atoms with E-state index < -0.39 is 21.6 Å². The van der Waals surface area contributed by atoms with Crippen LogP contribution in [0.4, 0.5) is 5.69 Å². The molecule has 0 bridgehead atoms. The summed E-state index contributed by atoms with van der Waals surface area (Å²) in [6, 6.07) is 18.5. The second-order valence-electron chi connectivity index (χ2n) is 11.6. The van der Waals surface area contributed by atoms with Gasteiger partial charge in [-0.05, 0) is 57.0 Å². The summed E-state index contributed by atoms with van der Waals surface area (Å²) in [6.07, 6.45) is 1.51. The number of ether oxygens (including phenoxy) is 2. The Bertz CT molecular complexity index is 1570. The van der Waals surface area contributed by atoms with Gasteiger partial charge in [0.05, 0.1) is 11.9 Å². The molecule has 0 saturated carbocycles. The largest absolute Gasteiger partial charge is 0.454 e. The highest BCUT2D eigenvalue weighted by Gasteiger charge is 2.33. The zero-order valence-electron chi connectivity index (χ0n) is 25.2. The smallest absolute Gasteiger partial charge is 0.243 e.